The van der Waals surface area contributed by atoms with Crippen molar-refractivity contribution in [2.24, 2.45) is 0 Å². The third kappa shape index (κ3) is 3.90. The number of halogens is 2. The molecule has 2 N–H and O–H groups in total. The molecular weight excluding hydrogens is 448 g/mol. The van der Waals surface area contributed by atoms with Gasteiger partial charge >= 0.3 is 0 Å². The molecule has 0 atom stereocenters. The van der Waals surface area contributed by atoms with E-state index in [1.807, 2.05) is 0 Å². The number of aromatic nitrogens is 2. The maximum Gasteiger partial charge on any atom is 0.257 e. The van der Waals surface area contributed by atoms with E-state index in [0.29, 0.717) is 37.5 Å². The van der Waals surface area contributed by atoms with Crippen LogP contribution in [0.25, 0.3) is 11.0 Å². The predicted molar refractivity (Wildman–Crippen MR) is 107 cm³/mol. The van der Waals surface area contributed by atoms with Crippen molar-refractivity contribution in [3.63, 3.8) is 0 Å². The molecule has 0 aliphatic rings. The minimum Gasteiger partial charge on any atom is -0.496 e. The van der Waals surface area contributed by atoms with Gasteiger partial charge in [-0.1, -0.05) is 11.6 Å². The van der Waals surface area contributed by atoms with Crippen LogP contribution in [-0.4, -0.2) is 26.9 Å². The van der Waals surface area contributed by atoms with E-state index in [4.69, 9.17) is 28.6 Å². The molecule has 3 rings (SSSR count). The maximum atomic E-state index is 12.3. The summed E-state index contributed by atoms with van der Waals surface area (Å²) in [4.78, 5) is 12.3. The smallest absolute Gasteiger partial charge is 0.257 e. The maximum absolute atomic E-state index is 12.3. The van der Waals surface area contributed by atoms with Gasteiger partial charge in [0, 0.05) is 5.56 Å². The molecule has 0 fully saturated rings. The first-order chi connectivity index (χ1) is 12.0. The van der Waals surface area contributed by atoms with E-state index >= 15 is 0 Å². The van der Waals surface area contributed by atoms with Gasteiger partial charge in [0.2, 0.25) is 0 Å². The highest BCUT2D eigenvalue weighted by molar-refractivity contribution is 9.10. The zero-order valence-electron chi connectivity index (χ0n) is 12.7. The number of amides is 1. The number of fused-ring (bicyclic) bond motifs is 1. The molecule has 0 aliphatic heterocycles. The summed E-state index contributed by atoms with van der Waals surface area (Å²) in [6, 6.07) is 8.43. The molecular formula is C15H10BrClN4O2S2. The molecule has 2 aromatic carbocycles. The van der Waals surface area contributed by atoms with Crippen LogP contribution in [0.2, 0.25) is 5.02 Å². The summed E-state index contributed by atoms with van der Waals surface area (Å²) in [6.45, 7) is 0. The average molecular weight is 458 g/mol. The van der Waals surface area contributed by atoms with Crippen molar-refractivity contribution < 1.29 is 9.53 Å². The monoisotopic (exact) mass is 456 g/mol. The van der Waals surface area contributed by atoms with Gasteiger partial charge in [0.05, 0.1) is 34.0 Å². The lowest BCUT2D eigenvalue weighted by atomic mass is 10.2. The minimum atomic E-state index is -0.361. The van der Waals surface area contributed by atoms with Gasteiger partial charge in [-0.15, -0.1) is 0 Å². The second-order valence-corrected chi connectivity index (χ2v) is 7.01. The van der Waals surface area contributed by atoms with Crippen LogP contribution >= 0.6 is 51.5 Å². The zero-order valence-corrected chi connectivity index (χ0v) is 16.6. The van der Waals surface area contributed by atoms with E-state index in [-0.39, 0.29) is 11.0 Å². The van der Waals surface area contributed by atoms with Gasteiger partial charge in [0.15, 0.2) is 5.11 Å². The van der Waals surface area contributed by atoms with E-state index in [0.717, 1.165) is 11.7 Å². The van der Waals surface area contributed by atoms with Crippen LogP contribution in [0, 0.1) is 0 Å². The van der Waals surface area contributed by atoms with Crippen molar-refractivity contribution in [2.45, 2.75) is 0 Å². The number of hydrogen-bond acceptors (Lipinski definition) is 6. The fraction of sp³-hybridized carbons (Fsp3) is 0.0667. The molecule has 0 saturated heterocycles. The van der Waals surface area contributed by atoms with Crippen molar-refractivity contribution in [1.29, 1.82) is 0 Å². The lowest BCUT2D eigenvalue weighted by molar-refractivity contribution is 0.0977. The second-order valence-electron chi connectivity index (χ2n) is 4.81. The van der Waals surface area contributed by atoms with Crippen LogP contribution in [0.3, 0.4) is 0 Å². The summed E-state index contributed by atoms with van der Waals surface area (Å²) in [6.07, 6.45) is 0. The standard InChI is InChI=1S/C15H10BrClN4O2S2/c1-23-11-5-2-7(6-8(11)16)14(22)19-15(24)18-12-9(17)3-4-10-13(12)21-25-20-10/h2-6H,1H3,(H2,18,19,22,24). The predicted octanol–water partition coefficient (Wildman–Crippen LogP) is 4.24. The molecule has 1 heterocycles. The fourth-order valence-corrected chi connectivity index (χ4v) is 3.55. The molecule has 0 saturated carbocycles. The van der Waals surface area contributed by atoms with Gasteiger partial charge in [0.1, 0.15) is 16.8 Å². The van der Waals surface area contributed by atoms with Crippen molar-refractivity contribution in [3.8, 4) is 5.75 Å². The molecule has 3 aromatic rings. The number of methoxy groups -OCH3 is 1. The first kappa shape index (κ1) is 18.0. The van der Waals surface area contributed by atoms with Crippen molar-refractivity contribution in [1.82, 2.24) is 14.1 Å². The topological polar surface area (TPSA) is 76.1 Å². The average Bonchev–Trinajstić information content (AvgIpc) is 3.06. The Hall–Kier alpha value is -1.81. The van der Waals surface area contributed by atoms with Crippen LogP contribution in [0.5, 0.6) is 5.75 Å². The Kier molecular flexibility index (Phi) is 5.48. The molecule has 1 amide bonds. The normalized spacial score (nSPS) is 10.5. The van der Waals surface area contributed by atoms with Gasteiger partial charge in [-0.3, -0.25) is 10.1 Å². The van der Waals surface area contributed by atoms with Gasteiger partial charge in [-0.05, 0) is 58.5 Å². The summed E-state index contributed by atoms with van der Waals surface area (Å²) in [5.41, 5.74) is 2.23. The Morgan fingerprint density at radius 2 is 2.12 bits per heavy atom. The number of hydrogen-bond donors (Lipinski definition) is 2. The number of benzene rings is 2. The quantitative estimate of drug-likeness (QED) is 0.573. The lowest BCUT2D eigenvalue weighted by Gasteiger charge is -2.12. The number of ether oxygens (including phenoxy) is 1. The van der Waals surface area contributed by atoms with Crippen molar-refractivity contribution in [3.05, 3.63) is 45.4 Å². The highest BCUT2D eigenvalue weighted by atomic mass is 79.9. The highest BCUT2D eigenvalue weighted by Crippen LogP contribution is 2.30. The van der Waals surface area contributed by atoms with Gasteiger partial charge in [-0.2, -0.15) is 8.75 Å². The molecule has 10 heteroatoms. The Morgan fingerprint density at radius 1 is 1.32 bits per heavy atom. The Bertz CT molecular complexity index is 979. The fourth-order valence-electron chi connectivity index (χ4n) is 2.07. The van der Waals surface area contributed by atoms with Gasteiger partial charge in [0.25, 0.3) is 5.91 Å². The Labute approximate surface area is 166 Å². The molecule has 0 unspecified atom stereocenters. The number of thiocarbonyl (C=S) groups is 1. The summed E-state index contributed by atoms with van der Waals surface area (Å²) in [5, 5.41) is 6.07. The molecule has 0 bridgehead atoms. The summed E-state index contributed by atoms with van der Waals surface area (Å²) < 4.78 is 14.2. The third-order valence-corrected chi connectivity index (χ3v) is 4.94. The van der Waals surface area contributed by atoms with Crippen LogP contribution < -0.4 is 15.4 Å². The third-order valence-electron chi connectivity index (χ3n) is 3.26. The summed E-state index contributed by atoms with van der Waals surface area (Å²) >= 11 is 15.8. The van der Waals surface area contributed by atoms with Crippen LogP contribution in [0.1, 0.15) is 10.4 Å². The molecule has 6 nitrogen and oxygen atoms in total. The van der Waals surface area contributed by atoms with E-state index in [9.17, 15) is 4.79 Å². The SMILES string of the molecule is COc1ccc(C(=O)NC(=S)Nc2c(Cl)ccc3nsnc23)cc1Br. The molecule has 25 heavy (non-hydrogen) atoms. The number of carbonyl (C=O) groups excluding carboxylic acids is 1. The van der Waals surface area contributed by atoms with Gasteiger partial charge < -0.3 is 10.1 Å². The summed E-state index contributed by atoms with van der Waals surface area (Å²) in [7, 11) is 1.55. The van der Waals surface area contributed by atoms with E-state index in [2.05, 4.69) is 35.3 Å². The van der Waals surface area contributed by atoms with Crippen LogP contribution in [0.15, 0.2) is 34.8 Å². The number of rotatable bonds is 3. The number of nitrogens with one attached hydrogen (secondary N) is 2. The van der Waals surface area contributed by atoms with Crippen molar-refractivity contribution >= 4 is 79.2 Å². The number of anilines is 1. The first-order valence-electron chi connectivity index (χ1n) is 6.86. The van der Waals surface area contributed by atoms with Crippen LogP contribution in [0.4, 0.5) is 5.69 Å². The largest absolute Gasteiger partial charge is 0.496 e. The molecule has 0 radical (unpaired) electrons. The Morgan fingerprint density at radius 3 is 2.84 bits per heavy atom. The lowest BCUT2D eigenvalue weighted by Crippen LogP contribution is -2.34. The molecule has 128 valence electrons. The number of carbonyl (C=O) groups is 1. The second kappa shape index (κ2) is 7.61. The molecule has 0 aliphatic carbocycles. The van der Waals surface area contributed by atoms with Gasteiger partial charge in [-0.25, -0.2) is 0 Å². The van der Waals surface area contributed by atoms with Crippen molar-refractivity contribution in [2.75, 3.05) is 12.4 Å². The van der Waals surface area contributed by atoms with E-state index in [1.54, 1.807) is 37.4 Å². The molecule has 1 aromatic heterocycles. The first-order valence-corrected chi connectivity index (χ1v) is 9.17. The molecule has 0 spiro atoms. The Balaban J connectivity index is 1.76. The zero-order chi connectivity index (χ0) is 18.0. The summed E-state index contributed by atoms with van der Waals surface area (Å²) in [5.74, 6) is 0.271. The van der Waals surface area contributed by atoms with E-state index < -0.39 is 0 Å². The highest BCUT2D eigenvalue weighted by Gasteiger charge is 2.14. The minimum absolute atomic E-state index is 0.111. The number of nitrogens with zero attached hydrogens (tertiary/aromatic N) is 2. The van der Waals surface area contributed by atoms with E-state index in [1.165, 1.54) is 0 Å². The van der Waals surface area contributed by atoms with Crippen LogP contribution in [-0.2, 0) is 0 Å².